The summed E-state index contributed by atoms with van der Waals surface area (Å²) in [6, 6.07) is 0. The largest absolute Gasteiger partial charge is 0.350 e. The number of H-pyrrole nitrogens is 1. The van der Waals surface area contributed by atoms with Crippen molar-refractivity contribution in [3.63, 3.8) is 0 Å². The lowest BCUT2D eigenvalue weighted by atomic mass is 9.90. The monoisotopic (exact) mass is 256 g/mol. The number of carbonyl (C=O) groups is 1. The number of rotatable bonds is 6. The van der Waals surface area contributed by atoms with Crippen molar-refractivity contribution in [2.24, 2.45) is 11.8 Å². The maximum atomic E-state index is 12.0. The van der Waals surface area contributed by atoms with Crippen LogP contribution in [0.4, 0.5) is 0 Å². The van der Waals surface area contributed by atoms with Gasteiger partial charge < -0.3 is 10.3 Å². The van der Waals surface area contributed by atoms with Crippen molar-refractivity contribution in [2.45, 2.75) is 40.2 Å². The van der Waals surface area contributed by atoms with Gasteiger partial charge in [-0.3, -0.25) is 9.59 Å². The standard InChI is InChI=1S/C12H20N2O2S/c1-4-5-10(8(2)3)11(15)13-6-9-7-17-12(16)14-9/h7-8,10H,4-6H2,1-3H3,(H,13,15)(H,14,16)/t10-/m1/s1. The summed E-state index contributed by atoms with van der Waals surface area (Å²) in [5, 5.41) is 4.62. The number of hydrogen-bond acceptors (Lipinski definition) is 3. The topological polar surface area (TPSA) is 62.0 Å². The van der Waals surface area contributed by atoms with Crippen molar-refractivity contribution in [1.29, 1.82) is 0 Å². The van der Waals surface area contributed by atoms with E-state index in [0.29, 0.717) is 12.5 Å². The Labute approximate surface area is 105 Å². The molecular formula is C12H20N2O2S. The average molecular weight is 256 g/mol. The molecule has 96 valence electrons. The fourth-order valence-electron chi connectivity index (χ4n) is 1.79. The molecule has 5 heteroatoms. The van der Waals surface area contributed by atoms with E-state index < -0.39 is 0 Å². The summed E-state index contributed by atoms with van der Waals surface area (Å²) < 4.78 is 0. The lowest BCUT2D eigenvalue weighted by Crippen LogP contribution is -2.33. The van der Waals surface area contributed by atoms with Gasteiger partial charge in [-0.05, 0) is 12.3 Å². The Morgan fingerprint density at radius 3 is 2.71 bits per heavy atom. The summed E-state index contributed by atoms with van der Waals surface area (Å²) in [7, 11) is 0. The first kappa shape index (κ1) is 14.0. The van der Waals surface area contributed by atoms with Gasteiger partial charge in [0.15, 0.2) is 0 Å². The van der Waals surface area contributed by atoms with Crippen molar-refractivity contribution in [3.8, 4) is 0 Å². The van der Waals surface area contributed by atoms with Gasteiger partial charge in [0.05, 0.1) is 6.54 Å². The zero-order chi connectivity index (χ0) is 12.8. The first-order chi connectivity index (χ1) is 8.04. The van der Waals surface area contributed by atoms with Crippen LogP contribution in [0, 0.1) is 11.8 Å². The van der Waals surface area contributed by atoms with Crippen molar-refractivity contribution >= 4 is 17.2 Å². The Morgan fingerprint density at radius 2 is 2.24 bits per heavy atom. The van der Waals surface area contributed by atoms with E-state index in [-0.39, 0.29) is 16.7 Å². The van der Waals surface area contributed by atoms with Crippen LogP contribution in [0.3, 0.4) is 0 Å². The molecule has 0 aliphatic rings. The van der Waals surface area contributed by atoms with Gasteiger partial charge in [-0.15, -0.1) is 0 Å². The van der Waals surface area contributed by atoms with E-state index in [4.69, 9.17) is 0 Å². The summed E-state index contributed by atoms with van der Waals surface area (Å²) in [4.78, 5) is 25.5. The smallest absolute Gasteiger partial charge is 0.304 e. The molecule has 0 radical (unpaired) electrons. The third-order valence-electron chi connectivity index (χ3n) is 2.77. The van der Waals surface area contributed by atoms with Crippen molar-refractivity contribution < 1.29 is 4.79 Å². The molecular weight excluding hydrogens is 236 g/mol. The zero-order valence-electron chi connectivity index (χ0n) is 10.6. The molecule has 0 aromatic carbocycles. The quantitative estimate of drug-likeness (QED) is 0.819. The highest BCUT2D eigenvalue weighted by atomic mass is 32.1. The highest BCUT2D eigenvalue weighted by molar-refractivity contribution is 7.07. The van der Waals surface area contributed by atoms with E-state index in [2.05, 4.69) is 31.1 Å². The van der Waals surface area contributed by atoms with Gasteiger partial charge >= 0.3 is 4.87 Å². The van der Waals surface area contributed by atoms with Crippen LogP contribution in [-0.4, -0.2) is 10.9 Å². The van der Waals surface area contributed by atoms with Crippen LogP contribution in [0.25, 0.3) is 0 Å². The molecule has 0 aliphatic carbocycles. The lowest BCUT2D eigenvalue weighted by molar-refractivity contribution is -0.126. The molecule has 1 rings (SSSR count). The molecule has 0 saturated heterocycles. The lowest BCUT2D eigenvalue weighted by Gasteiger charge is -2.19. The number of aromatic amines is 1. The molecule has 17 heavy (non-hydrogen) atoms. The number of hydrogen-bond donors (Lipinski definition) is 2. The molecule has 1 heterocycles. The summed E-state index contributed by atoms with van der Waals surface area (Å²) in [5.74, 6) is 0.482. The Morgan fingerprint density at radius 1 is 1.53 bits per heavy atom. The van der Waals surface area contributed by atoms with Gasteiger partial charge in [0, 0.05) is 17.0 Å². The third kappa shape index (κ3) is 4.34. The second-order valence-electron chi connectivity index (χ2n) is 4.53. The predicted octanol–water partition coefficient (Wildman–Crippen LogP) is 2.12. The maximum absolute atomic E-state index is 12.0. The summed E-state index contributed by atoms with van der Waals surface area (Å²) in [6.07, 6.45) is 1.91. The first-order valence-electron chi connectivity index (χ1n) is 5.99. The Kier molecular flexibility index (Phi) is 5.41. The molecule has 1 amide bonds. The number of nitrogens with one attached hydrogen (secondary N) is 2. The second kappa shape index (κ2) is 6.59. The Bertz CT molecular complexity index is 409. The molecule has 1 aromatic rings. The van der Waals surface area contributed by atoms with Crippen molar-refractivity contribution in [1.82, 2.24) is 10.3 Å². The minimum atomic E-state index is -0.0804. The van der Waals surface area contributed by atoms with E-state index in [9.17, 15) is 9.59 Å². The van der Waals surface area contributed by atoms with Crippen LogP contribution in [-0.2, 0) is 11.3 Å². The fraction of sp³-hybridized carbons (Fsp3) is 0.667. The molecule has 1 atom stereocenters. The summed E-state index contributed by atoms with van der Waals surface area (Å²) >= 11 is 1.12. The van der Waals surface area contributed by atoms with E-state index in [1.807, 2.05) is 0 Å². The molecule has 0 unspecified atom stereocenters. The summed E-state index contributed by atoms with van der Waals surface area (Å²) in [5.41, 5.74) is 0.771. The van der Waals surface area contributed by atoms with E-state index in [0.717, 1.165) is 29.9 Å². The third-order valence-corrected chi connectivity index (χ3v) is 3.48. The number of aromatic nitrogens is 1. The molecule has 0 spiro atoms. The summed E-state index contributed by atoms with van der Waals surface area (Å²) in [6.45, 7) is 6.61. The van der Waals surface area contributed by atoms with Crippen LogP contribution in [0.1, 0.15) is 39.3 Å². The molecule has 1 aromatic heterocycles. The van der Waals surface area contributed by atoms with Crippen LogP contribution >= 0.6 is 11.3 Å². The number of amides is 1. The number of thiazole rings is 1. The molecule has 0 saturated carbocycles. The van der Waals surface area contributed by atoms with Gasteiger partial charge in [0.2, 0.25) is 5.91 Å². The van der Waals surface area contributed by atoms with Crippen LogP contribution in [0.15, 0.2) is 10.2 Å². The van der Waals surface area contributed by atoms with Gasteiger partial charge in [0.25, 0.3) is 0 Å². The Balaban J connectivity index is 2.49. The van der Waals surface area contributed by atoms with Crippen molar-refractivity contribution in [2.75, 3.05) is 0 Å². The average Bonchev–Trinajstić information content (AvgIpc) is 2.68. The van der Waals surface area contributed by atoms with Crippen LogP contribution in [0.2, 0.25) is 0 Å². The van der Waals surface area contributed by atoms with Gasteiger partial charge in [0.1, 0.15) is 0 Å². The van der Waals surface area contributed by atoms with Crippen LogP contribution < -0.4 is 10.2 Å². The predicted molar refractivity (Wildman–Crippen MR) is 70.0 cm³/mol. The fourth-order valence-corrected chi connectivity index (χ4v) is 2.37. The molecule has 0 aliphatic heterocycles. The van der Waals surface area contributed by atoms with E-state index in [1.54, 1.807) is 5.38 Å². The SMILES string of the molecule is CCC[C@@H](C(=O)NCc1csc(=O)[nH]1)C(C)C. The van der Waals surface area contributed by atoms with E-state index >= 15 is 0 Å². The normalized spacial score (nSPS) is 12.7. The molecule has 4 nitrogen and oxygen atoms in total. The zero-order valence-corrected chi connectivity index (χ0v) is 11.4. The highest BCUT2D eigenvalue weighted by Gasteiger charge is 2.20. The molecule has 2 N–H and O–H groups in total. The highest BCUT2D eigenvalue weighted by Crippen LogP contribution is 2.17. The second-order valence-corrected chi connectivity index (χ2v) is 5.37. The minimum Gasteiger partial charge on any atom is -0.350 e. The molecule has 0 bridgehead atoms. The van der Waals surface area contributed by atoms with Crippen LogP contribution in [0.5, 0.6) is 0 Å². The van der Waals surface area contributed by atoms with Gasteiger partial charge in [-0.25, -0.2) is 0 Å². The Hall–Kier alpha value is -1.10. The van der Waals surface area contributed by atoms with Gasteiger partial charge in [-0.1, -0.05) is 38.5 Å². The first-order valence-corrected chi connectivity index (χ1v) is 6.87. The van der Waals surface area contributed by atoms with E-state index in [1.165, 1.54) is 0 Å². The molecule has 0 fully saturated rings. The maximum Gasteiger partial charge on any atom is 0.304 e. The minimum absolute atomic E-state index is 0.0605. The van der Waals surface area contributed by atoms with Crippen molar-refractivity contribution in [3.05, 3.63) is 20.7 Å². The van der Waals surface area contributed by atoms with Gasteiger partial charge in [-0.2, -0.15) is 0 Å². The number of carbonyl (C=O) groups excluding carboxylic acids is 1.